The number of rotatable bonds is 8. The van der Waals surface area contributed by atoms with Gasteiger partial charge in [0.25, 0.3) is 0 Å². The largest absolute Gasteiger partial charge is 0.372 e. The lowest BCUT2D eigenvalue weighted by atomic mass is 10.1. The van der Waals surface area contributed by atoms with Crippen LogP contribution in [-0.4, -0.2) is 38.9 Å². The Morgan fingerprint density at radius 2 is 1.88 bits per heavy atom. The highest BCUT2D eigenvalue weighted by molar-refractivity contribution is 7.14. The van der Waals surface area contributed by atoms with Gasteiger partial charge < -0.3 is 10.2 Å². The number of aromatic nitrogens is 4. The second-order valence-electron chi connectivity index (χ2n) is 7.49. The molecule has 0 spiro atoms. The standard InChI is InChI=1S/C24H26N6OS/c1-5-29(6-2)20-11-12-21(16(3)13-20)25-24-26-23(15-32-24)18-7-9-19(10-8-18)30-14-22(17(4)31)27-28-30/h7-15H,5-6H2,1-4H3,(H,25,26). The van der Waals surface area contributed by atoms with E-state index in [1.807, 2.05) is 29.6 Å². The third kappa shape index (κ3) is 4.55. The minimum absolute atomic E-state index is 0.103. The summed E-state index contributed by atoms with van der Waals surface area (Å²) < 4.78 is 1.60. The van der Waals surface area contributed by atoms with Crippen LogP contribution >= 0.6 is 11.3 Å². The zero-order valence-electron chi connectivity index (χ0n) is 18.7. The first kappa shape index (κ1) is 21.7. The van der Waals surface area contributed by atoms with Gasteiger partial charge in [-0.25, -0.2) is 9.67 Å². The van der Waals surface area contributed by atoms with Gasteiger partial charge in [0.1, 0.15) is 5.69 Å². The Kier molecular flexibility index (Phi) is 6.32. The fraction of sp³-hybridized carbons (Fsp3) is 0.250. The zero-order valence-corrected chi connectivity index (χ0v) is 19.5. The SMILES string of the molecule is CCN(CC)c1ccc(Nc2nc(-c3ccc(-n4cc(C(C)=O)nn4)cc3)cs2)c(C)c1. The number of nitrogens with one attached hydrogen (secondary N) is 1. The Morgan fingerprint density at radius 1 is 1.12 bits per heavy atom. The highest BCUT2D eigenvalue weighted by Gasteiger charge is 2.10. The number of carbonyl (C=O) groups is 1. The van der Waals surface area contributed by atoms with Gasteiger partial charge in [-0.15, -0.1) is 16.4 Å². The number of thiazole rings is 1. The van der Waals surface area contributed by atoms with Crippen molar-refractivity contribution in [1.29, 1.82) is 0 Å². The van der Waals surface area contributed by atoms with E-state index in [0.29, 0.717) is 5.69 Å². The fourth-order valence-electron chi connectivity index (χ4n) is 3.49. The predicted molar refractivity (Wildman–Crippen MR) is 130 cm³/mol. The number of carbonyl (C=O) groups excluding carboxylic acids is 1. The first-order valence-corrected chi connectivity index (χ1v) is 11.5. The summed E-state index contributed by atoms with van der Waals surface area (Å²) in [4.78, 5) is 18.5. The van der Waals surface area contributed by atoms with E-state index >= 15 is 0 Å². The van der Waals surface area contributed by atoms with Gasteiger partial charge in [0.15, 0.2) is 10.9 Å². The van der Waals surface area contributed by atoms with Gasteiger partial charge in [-0.2, -0.15) is 0 Å². The molecule has 0 saturated carbocycles. The summed E-state index contributed by atoms with van der Waals surface area (Å²) in [5.74, 6) is -0.103. The van der Waals surface area contributed by atoms with Crippen LogP contribution in [0.25, 0.3) is 16.9 Å². The Labute approximate surface area is 191 Å². The molecular formula is C24H26N6OS. The van der Waals surface area contributed by atoms with Crippen molar-refractivity contribution < 1.29 is 4.79 Å². The molecule has 0 aliphatic rings. The Morgan fingerprint density at radius 3 is 2.50 bits per heavy atom. The maximum atomic E-state index is 11.4. The first-order valence-electron chi connectivity index (χ1n) is 10.6. The number of hydrogen-bond donors (Lipinski definition) is 1. The average Bonchev–Trinajstić information content (AvgIpc) is 3.47. The molecule has 8 heteroatoms. The molecule has 0 atom stereocenters. The number of ketones is 1. The van der Waals surface area contributed by atoms with Gasteiger partial charge in [0, 0.05) is 42.3 Å². The maximum absolute atomic E-state index is 11.4. The monoisotopic (exact) mass is 446 g/mol. The molecule has 1 N–H and O–H groups in total. The molecule has 164 valence electrons. The molecule has 32 heavy (non-hydrogen) atoms. The fourth-order valence-corrected chi connectivity index (χ4v) is 4.22. The van der Waals surface area contributed by atoms with Crippen molar-refractivity contribution in [3.8, 4) is 16.9 Å². The van der Waals surface area contributed by atoms with Crippen molar-refractivity contribution in [2.75, 3.05) is 23.3 Å². The summed E-state index contributed by atoms with van der Waals surface area (Å²) in [5, 5.41) is 14.2. The van der Waals surface area contributed by atoms with Crippen molar-refractivity contribution in [3.63, 3.8) is 0 Å². The van der Waals surface area contributed by atoms with Crippen LogP contribution < -0.4 is 10.2 Å². The van der Waals surface area contributed by atoms with E-state index in [4.69, 9.17) is 4.98 Å². The Hall–Kier alpha value is -3.52. The third-order valence-corrected chi connectivity index (χ3v) is 6.12. The number of anilines is 3. The van der Waals surface area contributed by atoms with E-state index in [0.717, 1.165) is 40.9 Å². The Bertz CT molecular complexity index is 1220. The summed E-state index contributed by atoms with van der Waals surface area (Å²) >= 11 is 1.58. The zero-order chi connectivity index (χ0) is 22.7. The van der Waals surface area contributed by atoms with Gasteiger partial charge in [0.2, 0.25) is 0 Å². The number of nitrogens with zero attached hydrogens (tertiary/aromatic N) is 5. The molecule has 0 aliphatic carbocycles. The summed E-state index contributed by atoms with van der Waals surface area (Å²) in [6.45, 7) is 9.92. The molecule has 0 aliphatic heterocycles. The Balaban J connectivity index is 1.48. The van der Waals surface area contributed by atoms with Crippen molar-refractivity contribution in [1.82, 2.24) is 20.0 Å². The van der Waals surface area contributed by atoms with E-state index in [2.05, 4.69) is 59.5 Å². The van der Waals surface area contributed by atoms with Gasteiger partial charge in [-0.05, 0) is 56.7 Å². The summed E-state index contributed by atoms with van der Waals surface area (Å²) in [6.07, 6.45) is 1.63. The van der Waals surface area contributed by atoms with E-state index in [1.54, 1.807) is 22.2 Å². The third-order valence-electron chi connectivity index (χ3n) is 5.37. The lowest BCUT2D eigenvalue weighted by molar-refractivity contribution is 0.101. The second kappa shape index (κ2) is 9.32. The van der Waals surface area contributed by atoms with Crippen molar-refractivity contribution in [3.05, 3.63) is 65.3 Å². The van der Waals surface area contributed by atoms with Gasteiger partial charge >= 0.3 is 0 Å². The van der Waals surface area contributed by atoms with E-state index in [-0.39, 0.29) is 5.78 Å². The highest BCUT2D eigenvalue weighted by atomic mass is 32.1. The van der Waals surface area contributed by atoms with Crippen LogP contribution in [0.3, 0.4) is 0 Å². The van der Waals surface area contributed by atoms with Gasteiger partial charge in [-0.1, -0.05) is 17.3 Å². The maximum Gasteiger partial charge on any atom is 0.187 e. The predicted octanol–water partition coefficient (Wildman–Crippen LogP) is 5.49. The molecule has 0 saturated heterocycles. The summed E-state index contributed by atoms with van der Waals surface area (Å²) in [6, 6.07) is 14.3. The van der Waals surface area contributed by atoms with E-state index in [1.165, 1.54) is 18.2 Å². The van der Waals surface area contributed by atoms with Crippen LogP contribution in [0.2, 0.25) is 0 Å². The lowest BCUT2D eigenvalue weighted by Gasteiger charge is -2.22. The molecule has 2 aromatic carbocycles. The van der Waals surface area contributed by atoms with Crippen LogP contribution in [0.5, 0.6) is 0 Å². The topological polar surface area (TPSA) is 75.9 Å². The summed E-state index contributed by atoms with van der Waals surface area (Å²) in [7, 11) is 0. The molecule has 4 rings (SSSR count). The average molecular weight is 447 g/mol. The number of Topliss-reactive ketones (excluding diaryl/α,β-unsaturated/α-hetero) is 1. The highest BCUT2D eigenvalue weighted by Crippen LogP contribution is 2.30. The van der Waals surface area contributed by atoms with Crippen molar-refractivity contribution in [2.45, 2.75) is 27.7 Å². The van der Waals surface area contributed by atoms with Crippen LogP contribution in [0.4, 0.5) is 16.5 Å². The number of benzene rings is 2. The summed E-state index contributed by atoms with van der Waals surface area (Å²) in [5.41, 5.74) is 6.60. The molecule has 4 aromatic rings. The van der Waals surface area contributed by atoms with Gasteiger partial charge in [-0.3, -0.25) is 4.79 Å². The van der Waals surface area contributed by atoms with E-state index < -0.39 is 0 Å². The molecule has 2 aromatic heterocycles. The minimum Gasteiger partial charge on any atom is -0.372 e. The molecule has 0 radical (unpaired) electrons. The molecule has 2 heterocycles. The normalized spacial score (nSPS) is 10.9. The molecule has 0 unspecified atom stereocenters. The van der Waals surface area contributed by atoms with Crippen LogP contribution in [0.15, 0.2) is 54.0 Å². The van der Waals surface area contributed by atoms with Gasteiger partial charge in [0.05, 0.1) is 17.6 Å². The van der Waals surface area contributed by atoms with Crippen LogP contribution in [-0.2, 0) is 0 Å². The second-order valence-corrected chi connectivity index (χ2v) is 8.34. The minimum atomic E-state index is -0.103. The molecule has 0 bridgehead atoms. The smallest absolute Gasteiger partial charge is 0.187 e. The van der Waals surface area contributed by atoms with Crippen LogP contribution in [0, 0.1) is 6.92 Å². The van der Waals surface area contributed by atoms with E-state index in [9.17, 15) is 4.79 Å². The van der Waals surface area contributed by atoms with Crippen molar-refractivity contribution in [2.24, 2.45) is 0 Å². The quantitative estimate of drug-likeness (QED) is 0.361. The lowest BCUT2D eigenvalue weighted by Crippen LogP contribution is -2.21. The molecule has 0 fully saturated rings. The van der Waals surface area contributed by atoms with Crippen LogP contribution in [0.1, 0.15) is 36.8 Å². The number of aryl methyl sites for hydroxylation is 1. The molecule has 7 nitrogen and oxygen atoms in total. The number of hydrogen-bond acceptors (Lipinski definition) is 7. The van der Waals surface area contributed by atoms with Crippen molar-refractivity contribution >= 4 is 33.6 Å². The molecular weight excluding hydrogens is 420 g/mol. The molecule has 0 amide bonds. The first-order chi connectivity index (χ1) is 15.5.